The van der Waals surface area contributed by atoms with Gasteiger partial charge in [0.2, 0.25) is 5.91 Å². The van der Waals surface area contributed by atoms with Crippen molar-refractivity contribution in [2.75, 3.05) is 19.5 Å². The summed E-state index contributed by atoms with van der Waals surface area (Å²) in [5, 5.41) is 5.55. The molecule has 0 spiro atoms. The predicted octanol–water partition coefficient (Wildman–Crippen LogP) is 3.56. The lowest BCUT2D eigenvalue weighted by Crippen LogP contribution is -2.31. The summed E-state index contributed by atoms with van der Waals surface area (Å²) in [5.41, 5.74) is 2.11. The monoisotopic (exact) mass is 416 g/mol. The normalized spacial score (nSPS) is 15.2. The Kier molecular flexibility index (Phi) is 6.53. The first-order chi connectivity index (χ1) is 13.9. The highest BCUT2D eigenvalue weighted by Crippen LogP contribution is 2.39. The van der Waals surface area contributed by atoms with Crippen LogP contribution in [-0.4, -0.2) is 32.1 Å². The van der Waals surface area contributed by atoms with Gasteiger partial charge in [0.1, 0.15) is 10.8 Å². The third kappa shape index (κ3) is 4.95. The molecule has 0 aliphatic heterocycles. The van der Waals surface area contributed by atoms with Gasteiger partial charge in [-0.3, -0.25) is 14.9 Å². The molecule has 0 saturated carbocycles. The Bertz CT molecular complexity index is 920. The van der Waals surface area contributed by atoms with E-state index < -0.39 is 12.0 Å². The highest BCUT2D eigenvalue weighted by molar-refractivity contribution is 7.17. The Hall–Kier alpha value is -2.87. The molecule has 1 heterocycles. The van der Waals surface area contributed by atoms with Crippen molar-refractivity contribution in [3.63, 3.8) is 0 Å². The second kappa shape index (κ2) is 9.09. The van der Waals surface area contributed by atoms with E-state index in [4.69, 9.17) is 4.74 Å². The van der Waals surface area contributed by atoms with Crippen molar-refractivity contribution in [1.82, 2.24) is 5.32 Å². The van der Waals surface area contributed by atoms with Crippen molar-refractivity contribution < 1.29 is 23.9 Å². The SMILES string of the molecule is COC(=O)NC(=O)c1c(NC(=O)Cc2ccc(OC)cc2)sc2c1CC[C@H](C)C2. The van der Waals surface area contributed by atoms with Crippen LogP contribution in [-0.2, 0) is 28.8 Å². The minimum atomic E-state index is -0.824. The van der Waals surface area contributed by atoms with Gasteiger partial charge < -0.3 is 14.8 Å². The van der Waals surface area contributed by atoms with Crippen LogP contribution in [0.2, 0.25) is 0 Å². The maximum Gasteiger partial charge on any atom is 0.413 e. The number of benzene rings is 1. The number of nitrogens with one attached hydrogen (secondary N) is 2. The lowest BCUT2D eigenvalue weighted by molar-refractivity contribution is -0.115. The van der Waals surface area contributed by atoms with E-state index in [0.717, 1.165) is 41.0 Å². The molecule has 1 aromatic heterocycles. The Balaban J connectivity index is 1.82. The number of carbonyl (C=O) groups is 3. The highest BCUT2D eigenvalue weighted by Gasteiger charge is 2.29. The van der Waals surface area contributed by atoms with E-state index in [9.17, 15) is 14.4 Å². The third-order valence-corrected chi connectivity index (χ3v) is 6.09. The van der Waals surface area contributed by atoms with Crippen LogP contribution in [0.25, 0.3) is 0 Å². The van der Waals surface area contributed by atoms with Crippen LogP contribution in [0.4, 0.5) is 9.80 Å². The highest BCUT2D eigenvalue weighted by atomic mass is 32.1. The van der Waals surface area contributed by atoms with Gasteiger partial charge in [-0.05, 0) is 48.4 Å². The van der Waals surface area contributed by atoms with E-state index in [1.54, 1.807) is 19.2 Å². The van der Waals surface area contributed by atoms with E-state index in [2.05, 4.69) is 22.3 Å². The predicted molar refractivity (Wildman–Crippen MR) is 111 cm³/mol. The van der Waals surface area contributed by atoms with Gasteiger partial charge in [-0.15, -0.1) is 11.3 Å². The van der Waals surface area contributed by atoms with E-state index in [1.165, 1.54) is 18.4 Å². The fraction of sp³-hybridized carbons (Fsp3) is 0.381. The summed E-state index contributed by atoms with van der Waals surface area (Å²) in [6, 6.07) is 7.24. The summed E-state index contributed by atoms with van der Waals surface area (Å²) in [4.78, 5) is 37.9. The third-order valence-electron chi connectivity index (χ3n) is 4.92. The number of imide groups is 1. The molecule has 1 aliphatic rings. The second-order valence-electron chi connectivity index (χ2n) is 7.07. The molecule has 0 saturated heterocycles. The van der Waals surface area contributed by atoms with Crippen LogP contribution in [0.5, 0.6) is 5.75 Å². The van der Waals surface area contributed by atoms with Crippen LogP contribution in [0.15, 0.2) is 24.3 Å². The number of rotatable bonds is 5. The first-order valence-corrected chi connectivity index (χ1v) is 10.2. The van der Waals surface area contributed by atoms with E-state index >= 15 is 0 Å². The van der Waals surface area contributed by atoms with E-state index in [0.29, 0.717) is 16.5 Å². The van der Waals surface area contributed by atoms with Crippen molar-refractivity contribution in [2.45, 2.75) is 32.6 Å². The topological polar surface area (TPSA) is 93.7 Å². The largest absolute Gasteiger partial charge is 0.497 e. The number of hydrogen-bond acceptors (Lipinski definition) is 6. The summed E-state index contributed by atoms with van der Waals surface area (Å²) < 4.78 is 9.66. The Morgan fingerprint density at radius 3 is 2.55 bits per heavy atom. The number of fused-ring (bicyclic) bond motifs is 1. The molecule has 7 nitrogen and oxygen atoms in total. The van der Waals surface area contributed by atoms with Crippen LogP contribution in [0.1, 0.15) is 39.7 Å². The lowest BCUT2D eigenvalue weighted by Gasteiger charge is -2.18. The number of amides is 3. The summed E-state index contributed by atoms with van der Waals surface area (Å²) in [6.07, 6.45) is 1.90. The van der Waals surface area contributed by atoms with E-state index in [1.807, 2.05) is 12.1 Å². The molecule has 0 unspecified atom stereocenters. The number of thiophene rings is 1. The number of methoxy groups -OCH3 is 2. The number of ether oxygens (including phenoxy) is 2. The molecule has 8 heteroatoms. The number of hydrogen-bond donors (Lipinski definition) is 2. The zero-order chi connectivity index (χ0) is 21.0. The standard InChI is InChI=1S/C21H24N2O5S/c1-12-4-9-15-16(10-12)29-20(18(15)19(25)23-21(26)28-3)22-17(24)11-13-5-7-14(27-2)8-6-13/h5-8,12H,4,9-11H2,1-3H3,(H,22,24)(H,23,25,26)/t12-/m0/s1. The van der Waals surface area contributed by atoms with Gasteiger partial charge in [-0.1, -0.05) is 19.1 Å². The lowest BCUT2D eigenvalue weighted by atomic mass is 9.88. The minimum absolute atomic E-state index is 0.168. The Morgan fingerprint density at radius 1 is 1.17 bits per heavy atom. The molecule has 1 aliphatic carbocycles. The molecule has 0 fully saturated rings. The number of anilines is 1. The van der Waals surface area contributed by atoms with E-state index in [-0.39, 0.29) is 12.3 Å². The number of carbonyl (C=O) groups excluding carboxylic acids is 3. The summed E-state index contributed by atoms with van der Waals surface area (Å²) in [6.45, 7) is 2.17. The molecule has 2 N–H and O–H groups in total. The summed E-state index contributed by atoms with van der Waals surface area (Å²) in [7, 11) is 2.78. The summed E-state index contributed by atoms with van der Waals surface area (Å²) >= 11 is 1.41. The van der Waals surface area contributed by atoms with Crippen molar-refractivity contribution in [3.05, 3.63) is 45.8 Å². The molecule has 3 amide bonds. The van der Waals surface area contributed by atoms with Gasteiger partial charge in [0.05, 0.1) is 26.2 Å². The first kappa shape index (κ1) is 20.9. The van der Waals surface area contributed by atoms with Crippen LogP contribution in [0, 0.1) is 5.92 Å². The molecular formula is C21H24N2O5S. The average molecular weight is 416 g/mol. The quantitative estimate of drug-likeness (QED) is 0.777. The Labute approximate surface area is 173 Å². The maximum absolute atomic E-state index is 12.7. The van der Waals surface area contributed by atoms with Gasteiger partial charge >= 0.3 is 6.09 Å². The molecule has 154 valence electrons. The smallest absolute Gasteiger partial charge is 0.413 e. The first-order valence-electron chi connectivity index (χ1n) is 9.37. The zero-order valence-electron chi connectivity index (χ0n) is 16.7. The van der Waals surface area contributed by atoms with Crippen LogP contribution >= 0.6 is 11.3 Å². The van der Waals surface area contributed by atoms with Crippen molar-refractivity contribution in [1.29, 1.82) is 0 Å². The molecular weight excluding hydrogens is 392 g/mol. The molecule has 0 bridgehead atoms. The van der Waals surface area contributed by atoms with Crippen molar-refractivity contribution in [3.8, 4) is 5.75 Å². The van der Waals surface area contributed by atoms with Gasteiger partial charge in [0, 0.05) is 4.88 Å². The van der Waals surface area contributed by atoms with Gasteiger partial charge in [0.15, 0.2) is 0 Å². The fourth-order valence-electron chi connectivity index (χ4n) is 3.38. The van der Waals surface area contributed by atoms with Crippen LogP contribution in [0.3, 0.4) is 0 Å². The summed E-state index contributed by atoms with van der Waals surface area (Å²) in [5.74, 6) is 0.453. The Morgan fingerprint density at radius 2 is 1.90 bits per heavy atom. The number of alkyl carbamates (subject to hydrolysis) is 1. The zero-order valence-corrected chi connectivity index (χ0v) is 17.5. The van der Waals surface area contributed by atoms with Crippen LogP contribution < -0.4 is 15.4 Å². The fourth-order valence-corrected chi connectivity index (χ4v) is 4.81. The second-order valence-corrected chi connectivity index (χ2v) is 8.18. The van der Waals surface area contributed by atoms with Crippen molar-refractivity contribution in [2.24, 2.45) is 5.92 Å². The molecule has 29 heavy (non-hydrogen) atoms. The maximum atomic E-state index is 12.7. The average Bonchev–Trinajstić information content (AvgIpc) is 3.04. The van der Waals surface area contributed by atoms with Gasteiger partial charge in [-0.2, -0.15) is 0 Å². The molecule has 3 rings (SSSR count). The molecule has 0 radical (unpaired) electrons. The van der Waals surface area contributed by atoms with Crippen molar-refractivity contribution >= 4 is 34.2 Å². The molecule has 2 aromatic rings. The molecule has 1 aromatic carbocycles. The molecule has 1 atom stereocenters. The van der Waals surface area contributed by atoms with Gasteiger partial charge in [0.25, 0.3) is 5.91 Å². The minimum Gasteiger partial charge on any atom is -0.497 e. The van der Waals surface area contributed by atoms with Gasteiger partial charge in [-0.25, -0.2) is 4.79 Å².